The summed E-state index contributed by atoms with van der Waals surface area (Å²) in [7, 11) is 0. The molecular formula is C16H26O3. The number of aliphatic hydroxyl groups excluding tert-OH is 1. The van der Waals surface area contributed by atoms with Crippen molar-refractivity contribution >= 4 is 5.97 Å². The topological polar surface area (TPSA) is 46.5 Å². The molecule has 0 aliphatic heterocycles. The molecule has 3 heteroatoms. The van der Waals surface area contributed by atoms with Gasteiger partial charge in [-0.3, -0.25) is 4.79 Å². The van der Waals surface area contributed by atoms with Gasteiger partial charge in [-0.15, -0.1) is 0 Å². The van der Waals surface area contributed by atoms with Gasteiger partial charge in [-0.25, -0.2) is 0 Å². The van der Waals surface area contributed by atoms with Crippen LogP contribution in [0.1, 0.15) is 46.5 Å². The summed E-state index contributed by atoms with van der Waals surface area (Å²) in [6, 6.07) is 0. The molecule has 0 heterocycles. The van der Waals surface area contributed by atoms with E-state index in [2.05, 4.69) is 20.1 Å². The minimum atomic E-state index is -0.257. The van der Waals surface area contributed by atoms with Gasteiger partial charge in [0.2, 0.25) is 0 Å². The average molecular weight is 266 g/mol. The third-order valence-corrected chi connectivity index (χ3v) is 3.78. The maximum atomic E-state index is 11.2. The number of esters is 1. The largest absolute Gasteiger partial charge is 0.466 e. The SMILES string of the molecule is C=C1CC(C)(C(=O)OCC)C1.C=C1CC(C)(CO)C1. The van der Waals surface area contributed by atoms with Crippen molar-refractivity contribution in [3.63, 3.8) is 0 Å². The van der Waals surface area contributed by atoms with Crippen LogP contribution in [0.5, 0.6) is 0 Å². The second kappa shape index (κ2) is 5.91. The summed E-state index contributed by atoms with van der Waals surface area (Å²) in [5.41, 5.74) is 2.37. The summed E-state index contributed by atoms with van der Waals surface area (Å²) in [5.74, 6) is -0.0765. The standard InChI is InChI=1S/C9H14O2.C7H12O/c1-4-11-8(10)9(3)5-7(2)6-9;1-6-3-7(2,4-6)5-8/h2,4-6H2,1,3H3;8H,1,3-5H2,2H3. The first-order chi connectivity index (χ1) is 8.74. The van der Waals surface area contributed by atoms with Crippen LogP contribution in [0.4, 0.5) is 0 Å². The van der Waals surface area contributed by atoms with Crippen LogP contribution < -0.4 is 0 Å². The molecule has 2 aliphatic rings. The Kier molecular flexibility index (Phi) is 4.97. The number of carbonyl (C=O) groups excluding carboxylic acids is 1. The Morgan fingerprint density at radius 3 is 1.95 bits per heavy atom. The first kappa shape index (κ1) is 16.0. The highest BCUT2D eigenvalue weighted by Gasteiger charge is 2.43. The lowest BCUT2D eigenvalue weighted by Gasteiger charge is -2.38. The van der Waals surface area contributed by atoms with E-state index in [4.69, 9.17) is 9.84 Å². The van der Waals surface area contributed by atoms with Crippen molar-refractivity contribution < 1.29 is 14.6 Å². The minimum absolute atomic E-state index is 0.0765. The van der Waals surface area contributed by atoms with E-state index in [9.17, 15) is 4.79 Å². The van der Waals surface area contributed by atoms with Crippen LogP contribution in [0, 0.1) is 10.8 Å². The molecule has 0 radical (unpaired) electrons. The van der Waals surface area contributed by atoms with E-state index in [0.29, 0.717) is 13.2 Å². The summed E-state index contributed by atoms with van der Waals surface area (Å²) in [5, 5.41) is 8.72. The second-order valence-corrected chi connectivity index (χ2v) is 6.46. The summed E-state index contributed by atoms with van der Waals surface area (Å²) in [4.78, 5) is 11.2. The number of rotatable bonds is 3. The highest BCUT2D eigenvalue weighted by Crippen LogP contribution is 2.44. The van der Waals surface area contributed by atoms with Gasteiger partial charge < -0.3 is 9.84 Å². The number of hydrogen-bond donors (Lipinski definition) is 1. The van der Waals surface area contributed by atoms with Crippen LogP contribution >= 0.6 is 0 Å². The molecule has 0 bridgehead atoms. The molecule has 108 valence electrons. The molecule has 0 amide bonds. The Bertz CT molecular complexity index is 365. The molecule has 2 aliphatic carbocycles. The summed E-state index contributed by atoms with van der Waals surface area (Å²) in [6.07, 6.45) is 3.63. The first-order valence-corrected chi connectivity index (χ1v) is 6.86. The van der Waals surface area contributed by atoms with E-state index in [1.165, 1.54) is 5.57 Å². The third-order valence-electron chi connectivity index (χ3n) is 3.78. The number of hydrogen-bond acceptors (Lipinski definition) is 3. The van der Waals surface area contributed by atoms with Crippen LogP contribution in [0.3, 0.4) is 0 Å². The van der Waals surface area contributed by atoms with Gasteiger partial charge in [0.15, 0.2) is 0 Å². The summed E-state index contributed by atoms with van der Waals surface area (Å²) < 4.78 is 4.92. The Hall–Kier alpha value is -1.09. The molecule has 0 aromatic heterocycles. The Morgan fingerprint density at radius 2 is 1.68 bits per heavy atom. The Morgan fingerprint density at radius 1 is 1.21 bits per heavy atom. The summed E-state index contributed by atoms with van der Waals surface area (Å²) >= 11 is 0. The molecular weight excluding hydrogens is 240 g/mol. The molecule has 2 saturated carbocycles. The highest BCUT2D eigenvalue weighted by atomic mass is 16.5. The molecule has 0 saturated heterocycles. The van der Waals surface area contributed by atoms with Gasteiger partial charge in [-0.2, -0.15) is 0 Å². The zero-order valence-electron chi connectivity index (χ0n) is 12.4. The van der Waals surface area contributed by atoms with Crippen molar-refractivity contribution in [2.75, 3.05) is 13.2 Å². The fraction of sp³-hybridized carbons (Fsp3) is 0.688. The molecule has 1 N–H and O–H groups in total. The molecule has 0 unspecified atom stereocenters. The van der Waals surface area contributed by atoms with Crippen LogP contribution in [-0.2, 0) is 9.53 Å². The van der Waals surface area contributed by atoms with Gasteiger partial charge >= 0.3 is 5.97 Å². The molecule has 3 nitrogen and oxygen atoms in total. The van der Waals surface area contributed by atoms with Crippen molar-refractivity contribution in [3.8, 4) is 0 Å². The quantitative estimate of drug-likeness (QED) is 0.630. The first-order valence-electron chi connectivity index (χ1n) is 6.86. The van der Waals surface area contributed by atoms with Gasteiger partial charge in [0.25, 0.3) is 0 Å². The van der Waals surface area contributed by atoms with Crippen LogP contribution in [0.2, 0.25) is 0 Å². The number of carbonyl (C=O) groups is 1. The van der Waals surface area contributed by atoms with Crippen molar-refractivity contribution in [2.45, 2.75) is 46.5 Å². The van der Waals surface area contributed by atoms with E-state index in [1.54, 1.807) is 0 Å². The maximum absolute atomic E-state index is 11.2. The van der Waals surface area contributed by atoms with Crippen molar-refractivity contribution in [2.24, 2.45) is 10.8 Å². The number of allylic oxidation sites excluding steroid dienone is 2. The zero-order valence-corrected chi connectivity index (χ0v) is 12.4. The monoisotopic (exact) mass is 266 g/mol. The maximum Gasteiger partial charge on any atom is 0.312 e. The van der Waals surface area contributed by atoms with Crippen molar-refractivity contribution in [3.05, 3.63) is 24.3 Å². The molecule has 0 spiro atoms. The van der Waals surface area contributed by atoms with E-state index in [1.807, 2.05) is 13.8 Å². The average Bonchev–Trinajstić information content (AvgIpc) is 2.26. The minimum Gasteiger partial charge on any atom is -0.466 e. The van der Waals surface area contributed by atoms with Crippen molar-refractivity contribution in [1.29, 1.82) is 0 Å². The van der Waals surface area contributed by atoms with Gasteiger partial charge in [-0.1, -0.05) is 31.2 Å². The number of aliphatic hydroxyl groups is 1. The lowest BCUT2D eigenvalue weighted by Crippen LogP contribution is -2.37. The number of ether oxygens (including phenoxy) is 1. The van der Waals surface area contributed by atoms with Gasteiger partial charge in [0.1, 0.15) is 0 Å². The zero-order chi connectivity index (χ0) is 14.7. The van der Waals surface area contributed by atoms with E-state index in [0.717, 1.165) is 31.3 Å². The second-order valence-electron chi connectivity index (χ2n) is 6.46. The van der Waals surface area contributed by atoms with Gasteiger partial charge in [0.05, 0.1) is 12.0 Å². The fourth-order valence-electron chi connectivity index (χ4n) is 2.77. The van der Waals surface area contributed by atoms with E-state index >= 15 is 0 Å². The fourth-order valence-corrected chi connectivity index (χ4v) is 2.77. The lowest BCUT2D eigenvalue weighted by atomic mass is 9.67. The predicted molar refractivity (Wildman–Crippen MR) is 76.7 cm³/mol. The molecule has 2 rings (SSSR count). The van der Waals surface area contributed by atoms with E-state index < -0.39 is 0 Å². The Balaban J connectivity index is 0.000000200. The molecule has 0 aromatic rings. The predicted octanol–water partition coefficient (Wildman–Crippen LogP) is 3.24. The lowest BCUT2D eigenvalue weighted by molar-refractivity contribution is -0.156. The van der Waals surface area contributed by atoms with Crippen LogP contribution in [0.25, 0.3) is 0 Å². The molecule has 0 aromatic carbocycles. The normalized spacial score (nSPS) is 22.5. The molecule has 19 heavy (non-hydrogen) atoms. The third kappa shape index (κ3) is 3.93. The summed E-state index contributed by atoms with van der Waals surface area (Å²) in [6.45, 7) is 14.2. The van der Waals surface area contributed by atoms with Gasteiger partial charge in [-0.05, 0) is 44.9 Å². The van der Waals surface area contributed by atoms with Crippen molar-refractivity contribution in [1.82, 2.24) is 0 Å². The van der Waals surface area contributed by atoms with Gasteiger partial charge in [0, 0.05) is 6.61 Å². The van der Waals surface area contributed by atoms with E-state index in [-0.39, 0.29) is 16.8 Å². The molecule has 0 atom stereocenters. The highest BCUT2D eigenvalue weighted by molar-refractivity contribution is 5.79. The Labute approximate surface area is 116 Å². The van der Waals surface area contributed by atoms with Crippen LogP contribution in [-0.4, -0.2) is 24.3 Å². The van der Waals surface area contributed by atoms with Crippen LogP contribution in [0.15, 0.2) is 24.3 Å². The molecule has 2 fully saturated rings. The smallest absolute Gasteiger partial charge is 0.312 e.